The number of carbonyl (C=O) groups is 1. The van der Waals surface area contributed by atoms with Gasteiger partial charge in [-0.05, 0) is 34.5 Å². The van der Waals surface area contributed by atoms with Crippen molar-refractivity contribution >= 4 is 34.1 Å². The van der Waals surface area contributed by atoms with Crippen molar-refractivity contribution in [1.29, 1.82) is 0 Å². The molecule has 0 saturated heterocycles. The maximum absolute atomic E-state index is 12.3. The topological polar surface area (TPSA) is 56.1 Å². The van der Waals surface area contributed by atoms with Crippen molar-refractivity contribution in [3.63, 3.8) is 0 Å². The highest BCUT2D eigenvalue weighted by Crippen LogP contribution is 2.21. The van der Waals surface area contributed by atoms with Crippen LogP contribution in [0.4, 0.5) is 5.82 Å². The molecule has 1 heterocycles. The molecule has 28 heavy (non-hydrogen) atoms. The second-order valence-electron chi connectivity index (χ2n) is 6.31. The van der Waals surface area contributed by atoms with Crippen LogP contribution in [-0.4, -0.2) is 22.3 Å². The number of fused-ring (bicyclic) bond motifs is 1. The van der Waals surface area contributed by atoms with Crippen LogP contribution in [0.2, 0.25) is 5.02 Å². The third-order valence-corrected chi connectivity index (χ3v) is 4.72. The van der Waals surface area contributed by atoms with E-state index in [-0.39, 0.29) is 12.5 Å². The highest BCUT2D eigenvalue weighted by molar-refractivity contribution is 6.31. The Morgan fingerprint density at radius 3 is 2.64 bits per heavy atom. The summed E-state index contributed by atoms with van der Waals surface area (Å²) in [6.45, 7) is 0.378. The molecule has 4 rings (SSSR count). The van der Waals surface area contributed by atoms with Crippen LogP contribution in [0.15, 0.2) is 79.0 Å². The van der Waals surface area contributed by atoms with Crippen LogP contribution < -0.4 is 10.1 Å². The summed E-state index contributed by atoms with van der Waals surface area (Å²) in [6, 6.07) is 23.0. The summed E-state index contributed by atoms with van der Waals surface area (Å²) >= 11 is 6.21. The number of benzene rings is 3. The van der Waals surface area contributed by atoms with Crippen LogP contribution in [0, 0.1) is 0 Å². The molecule has 0 fully saturated rings. The van der Waals surface area contributed by atoms with Gasteiger partial charge in [0.1, 0.15) is 11.6 Å². The molecule has 0 bridgehead atoms. The highest BCUT2D eigenvalue weighted by atomic mass is 35.5. The molecule has 0 radical (unpaired) electrons. The van der Waals surface area contributed by atoms with Gasteiger partial charge in [0.15, 0.2) is 6.61 Å². The number of carbonyl (C=O) groups excluding carboxylic acids is 1. The van der Waals surface area contributed by atoms with Crippen molar-refractivity contribution in [3.05, 3.63) is 89.6 Å². The average Bonchev–Trinajstić information content (AvgIpc) is 3.14. The summed E-state index contributed by atoms with van der Waals surface area (Å²) in [5, 5.41) is 9.95. The number of nitrogens with zero attached hydrogens (tertiary/aromatic N) is 2. The van der Waals surface area contributed by atoms with Gasteiger partial charge in [0.05, 0.1) is 12.7 Å². The van der Waals surface area contributed by atoms with Gasteiger partial charge < -0.3 is 10.1 Å². The monoisotopic (exact) mass is 391 g/mol. The average molecular weight is 392 g/mol. The minimum atomic E-state index is -0.255. The molecular formula is C22H18ClN3O2. The van der Waals surface area contributed by atoms with Gasteiger partial charge in [0, 0.05) is 11.1 Å². The molecule has 4 aromatic rings. The Bertz CT molecular complexity index is 1120. The summed E-state index contributed by atoms with van der Waals surface area (Å²) in [5.41, 5.74) is 0.927. The number of nitrogens with one attached hydrogen (secondary N) is 1. The fourth-order valence-electron chi connectivity index (χ4n) is 2.94. The number of ether oxygens (including phenoxy) is 1. The fourth-order valence-corrected chi connectivity index (χ4v) is 3.13. The van der Waals surface area contributed by atoms with Gasteiger partial charge in [-0.15, -0.1) is 0 Å². The predicted molar refractivity (Wildman–Crippen MR) is 111 cm³/mol. The lowest BCUT2D eigenvalue weighted by atomic mass is 10.1. The van der Waals surface area contributed by atoms with Crippen molar-refractivity contribution in [3.8, 4) is 5.75 Å². The SMILES string of the molecule is O=C(COc1ccc2ccccc2c1)Nc1ccnn1Cc1ccccc1Cl. The maximum atomic E-state index is 12.3. The van der Waals surface area contributed by atoms with Crippen LogP contribution in [0.3, 0.4) is 0 Å². The minimum Gasteiger partial charge on any atom is -0.484 e. The lowest BCUT2D eigenvalue weighted by Crippen LogP contribution is -2.22. The Balaban J connectivity index is 1.39. The van der Waals surface area contributed by atoms with E-state index in [1.165, 1.54) is 0 Å². The highest BCUT2D eigenvalue weighted by Gasteiger charge is 2.10. The number of hydrogen-bond donors (Lipinski definition) is 1. The quantitative estimate of drug-likeness (QED) is 0.515. The van der Waals surface area contributed by atoms with E-state index >= 15 is 0 Å². The molecule has 0 aliphatic heterocycles. The number of halogens is 1. The van der Waals surface area contributed by atoms with E-state index < -0.39 is 0 Å². The van der Waals surface area contributed by atoms with Crippen molar-refractivity contribution in [2.75, 3.05) is 11.9 Å². The smallest absolute Gasteiger partial charge is 0.263 e. The molecular weight excluding hydrogens is 374 g/mol. The molecule has 0 atom stereocenters. The maximum Gasteiger partial charge on any atom is 0.263 e. The van der Waals surface area contributed by atoms with E-state index in [4.69, 9.17) is 16.3 Å². The number of rotatable bonds is 6. The largest absolute Gasteiger partial charge is 0.484 e. The first-order chi connectivity index (χ1) is 13.7. The normalized spacial score (nSPS) is 10.8. The first-order valence-electron chi connectivity index (χ1n) is 8.86. The number of amides is 1. The van der Waals surface area contributed by atoms with E-state index in [0.29, 0.717) is 23.1 Å². The Hall–Kier alpha value is -3.31. The van der Waals surface area contributed by atoms with Crippen molar-refractivity contribution in [1.82, 2.24) is 9.78 Å². The lowest BCUT2D eigenvalue weighted by molar-refractivity contribution is -0.118. The second-order valence-corrected chi connectivity index (χ2v) is 6.72. The number of anilines is 1. The zero-order valence-corrected chi connectivity index (χ0v) is 15.8. The van der Waals surface area contributed by atoms with Crippen LogP contribution in [0.25, 0.3) is 10.8 Å². The predicted octanol–water partition coefficient (Wildman–Crippen LogP) is 4.76. The number of aromatic nitrogens is 2. The molecule has 0 aliphatic carbocycles. The van der Waals surface area contributed by atoms with Gasteiger partial charge >= 0.3 is 0 Å². The van der Waals surface area contributed by atoms with Gasteiger partial charge in [0.2, 0.25) is 0 Å². The molecule has 6 heteroatoms. The summed E-state index contributed by atoms with van der Waals surface area (Å²) in [6.07, 6.45) is 1.64. The summed E-state index contributed by atoms with van der Waals surface area (Å²) in [4.78, 5) is 12.3. The summed E-state index contributed by atoms with van der Waals surface area (Å²) in [7, 11) is 0. The first-order valence-corrected chi connectivity index (χ1v) is 9.23. The number of hydrogen-bond acceptors (Lipinski definition) is 3. The fraction of sp³-hybridized carbons (Fsp3) is 0.0909. The zero-order chi connectivity index (χ0) is 19.3. The van der Waals surface area contributed by atoms with E-state index in [2.05, 4.69) is 10.4 Å². The van der Waals surface area contributed by atoms with Crippen LogP contribution in [-0.2, 0) is 11.3 Å². The third kappa shape index (κ3) is 4.15. The molecule has 1 N–H and O–H groups in total. The van der Waals surface area contributed by atoms with Crippen LogP contribution in [0.1, 0.15) is 5.56 Å². The van der Waals surface area contributed by atoms with E-state index in [1.807, 2.05) is 66.7 Å². The molecule has 0 spiro atoms. The van der Waals surface area contributed by atoms with Crippen molar-refractivity contribution < 1.29 is 9.53 Å². The van der Waals surface area contributed by atoms with E-state index in [0.717, 1.165) is 16.3 Å². The van der Waals surface area contributed by atoms with Gasteiger partial charge in [0.25, 0.3) is 5.91 Å². The summed E-state index contributed by atoms with van der Waals surface area (Å²) < 4.78 is 7.33. The van der Waals surface area contributed by atoms with Gasteiger partial charge in [-0.1, -0.05) is 60.1 Å². The minimum absolute atomic E-state index is 0.0877. The Labute approximate surface area is 167 Å². The van der Waals surface area contributed by atoms with Crippen molar-refractivity contribution in [2.24, 2.45) is 0 Å². The Kier molecular flexibility index (Phi) is 5.26. The van der Waals surface area contributed by atoms with Crippen LogP contribution in [0.5, 0.6) is 5.75 Å². The van der Waals surface area contributed by atoms with E-state index in [9.17, 15) is 4.79 Å². The van der Waals surface area contributed by atoms with Gasteiger partial charge in [-0.25, -0.2) is 4.68 Å². The summed E-state index contributed by atoms with van der Waals surface area (Å²) in [5.74, 6) is 0.986. The van der Waals surface area contributed by atoms with Crippen molar-refractivity contribution in [2.45, 2.75) is 6.54 Å². The third-order valence-electron chi connectivity index (χ3n) is 4.35. The Morgan fingerprint density at radius 1 is 1.00 bits per heavy atom. The molecule has 0 unspecified atom stereocenters. The van der Waals surface area contributed by atoms with Crippen LogP contribution >= 0.6 is 11.6 Å². The molecule has 0 saturated carbocycles. The first kappa shape index (κ1) is 18.1. The second kappa shape index (κ2) is 8.15. The van der Waals surface area contributed by atoms with Gasteiger partial charge in [-0.2, -0.15) is 5.10 Å². The molecule has 1 aromatic heterocycles. The standard InChI is InChI=1S/C22H18ClN3O2/c23-20-8-4-3-7-18(20)14-26-21(11-12-24-26)25-22(27)15-28-19-10-9-16-5-1-2-6-17(16)13-19/h1-13H,14-15H2,(H,25,27). The molecule has 1 amide bonds. The lowest BCUT2D eigenvalue weighted by Gasteiger charge is -2.11. The van der Waals surface area contributed by atoms with Gasteiger partial charge in [-0.3, -0.25) is 4.79 Å². The molecule has 140 valence electrons. The zero-order valence-electron chi connectivity index (χ0n) is 15.0. The van der Waals surface area contributed by atoms with E-state index in [1.54, 1.807) is 16.9 Å². The molecule has 3 aromatic carbocycles. The Morgan fingerprint density at radius 2 is 1.79 bits per heavy atom. The molecule has 0 aliphatic rings. The molecule has 5 nitrogen and oxygen atoms in total.